The molecule has 0 aromatic rings. The van der Waals surface area contributed by atoms with Crippen LogP contribution in [0, 0.1) is 5.92 Å². The predicted octanol–water partition coefficient (Wildman–Crippen LogP) is 1.89. The van der Waals surface area contributed by atoms with Gasteiger partial charge in [0.1, 0.15) is 0 Å². The molecule has 1 aliphatic heterocycles. The van der Waals surface area contributed by atoms with Crippen LogP contribution >= 0.6 is 0 Å². The molecule has 2 aliphatic rings. The molecule has 4 nitrogen and oxygen atoms in total. The Morgan fingerprint density at radius 1 is 1.27 bits per heavy atom. The van der Waals surface area contributed by atoms with Gasteiger partial charge in [0.25, 0.3) is 0 Å². The Balaban J connectivity index is 1.54. The van der Waals surface area contributed by atoms with Crippen molar-refractivity contribution in [3.05, 3.63) is 0 Å². The molecule has 2 rings (SSSR count). The molecule has 3 atom stereocenters. The Kier molecular flexibility index (Phi) is 4.38. The van der Waals surface area contributed by atoms with Crippen LogP contribution in [0.1, 0.15) is 32.6 Å². The molecule has 0 amide bonds. The largest absolute Gasteiger partial charge is 0.353 e. The fourth-order valence-electron chi connectivity index (χ4n) is 1.79. The lowest BCUT2D eigenvalue weighted by atomic mass is 10.2. The Labute approximate surface area is 90.8 Å². The van der Waals surface area contributed by atoms with E-state index in [1.807, 2.05) is 6.92 Å². The Bertz CT molecular complexity index is 179. The first-order valence-electron chi connectivity index (χ1n) is 5.91. The summed E-state index contributed by atoms with van der Waals surface area (Å²) in [6.45, 7) is 4.00. The second-order valence-electron chi connectivity index (χ2n) is 4.16. The standard InChI is InChI=1S/C11H20O4/c1-2-13-14-8-9-7-10(9)15-11-5-3-4-6-12-11/h9-11H,2-8H2,1H3. The molecule has 0 N–H and O–H groups in total. The normalized spacial score (nSPS) is 35.4. The number of ether oxygens (including phenoxy) is 2. The highest BCUT2D eigenvalue weighted by Crippen LogP contribution is 2.36. The van der Waals surface area contributed by atoms with Crippen LogP contribution in [0.5, 0.6) is 0 Å². The molecular formula is C11H20O4. The summed E-state index contributed by atoms with van der Waals surface area (Å²) in [5.74, 6) is 0.502. The van der Waals surface area contributed by atoms with Gasteiger partial charge in [-0.05, 0) is 32.6 Å². The molecule has 1 saturated carbocycles. The van der Waals surface area contributed by atoms with Gasteiger partial charge in [0.2, 0.25) is 0 Å². The van der Waals surface area contributed by atoms with Crippen LogP contribution in [0.2, 0.25) is 0 Å². The van der Waals surface area contributed by atoms with Crippen molar-refractivity contribution in [3.63, 3.8) is 0 Å². The molecule has 88 valence electrons. The molecule has 3 unspecified atom stereocenters. The monoisotopic (exact) mass is 216 g/mol. The molecule has 0 spiro atoms. The minimum absolute atomic E-state index is 0.0286. The van der Waals surface area contributed by atoms with Crippen molar-refractivity contribution in [2.24, 2.45) is 5.92 Å². The Morgan fingerprint density at radius 2 is 2.20 bits per heavy atom. The van der Waals surface area contributed by atoms with E-state index in [1.54, 1.807) is 0 Å². The maximum atomic E-state index is 5.79. The van der Waals surface area contributed by atoms with E-state index in [0.29, 0.717) is 25.2 Å². The van der Waals surface area contributed by atoms with E-state index in [2.05, 4.69) is 0 Å². The van der Waals surface area contributed by atoms with Crippen LogP contribution in [0.3, 0.4) is 0 Å². The average molecular weight is 216 g/mol. The maximum absolute atomic E-state index is 5.79. The van der Waals surface area contributed by atoms with Gasteiger partial charge in [-0.1, -0.05) is 0 Å². The van der Waals surface area contributed by atoms with Gasteiger partial charge >= 0.3 is 0 Å². The van der Waals surface area contributed by atoms with Crippen molar-refractivity contribution in [1.82, 2.24) is 0 Å². The third kappa shape index (κ3) is 3.72. The fourth-order valence-corrected chi connectivity index (χ4v) is 1.79. The lowest BCUT2D eigenvalue weighted by Crippen LogP contribution is -2.23. The summed E-state index contributed by atoms with van der Waals surface area (Å²) in [6.07, 6.45) is 4.86. The van der Waals surface area contributed by atoms with E-state index in [-0.39, 0.29) is 6.29 Å². The summed E-state index contributed by atoms with van der Waals surface area (Å²) in [7, 11) is 0. The lowest BCUT2D eigenvalue weighted by molar-refractivity contribution is -0.295. The summed E-state index contributed by atoms with van der Waals surface area (Å²) >= 11 is 0. The third-order valence-electron chi connectivity index (χ3n) is 2.81. The molecule has 1 aliphatic carbocycles. The molecule has 0 radical (unpaired) electrons. The van der Waals surface area contributed by atoms with Gasteiger partial charge in [0, 0.05) is 12.5 Å². The van der Waals surface area contributed by atoms with Crippen molar-refractivity contribution < 1.29 is 19.2 Å². The number of hydrogen-bond acceptors (Lipinski definition) is 4. The summed E-state index contributed by atoms with van der Waals surface area (Å²) < 4.78 is 11.3. The highest BCUT2D eigenvalue weighted by atomic mass is 17.2. The van der Waals surface area contributed by atoms with Crippen molar-refractivity contribution >= 4 is 0 Å². The first kappa shape index (κ1) is 11.3. The summed E-state index contributed by atoms with van der Waals surface area (Å²) in [5, 5.41) is 0. The van der Waals surface area contributed by atoms with Gasteiger partial charge in [-0.3, -0.25) is 0 Å². The molecule has 4 heteroatoms. The van der Waals surface area contributed by atoms with Crippen LogP contribution in [0.25, 0.3) is 0 Å². The van der Waals surface area contributed by atoms with Gasteiger partial charge in [0.15, 0.2) is 6.29 Å². The van der Waals surface area contributed by atoms with E-state index in [0.717, 1.165) is 19.4 Å². The third-order valence-corrected chi connectivity index (χ3v) is 2.81. The van der Waals surface area contributed by atoms with Gasteiger partial charge in [-0.2, -0.15) is 0 Å². The van der Waals surface area contributed by atoms with Gasteiger partial charge in [-0.25, -0.2) is 9.78 Å². The topological polar surface area (TPSA) is 36.9 Å². The molecule has 15 heavy (non-hydrogen) atoms. The van der Waals surface area contributed by atoms with E-state index < -0.39 is 0 Å². The van der Waals surface area contributed by atoms with E-state index in [1.165, 1.54) is 12.8 Å². The van der Waals surface area contributed by atoms with Crippen LogP contribution in [0.15, 0.2) is 0 Å². The first-order valence-corrected chi connectivity index (χ1v) is 5.91. The summed E-state index contributed by atoms with van der Waals surface area (Å²) in [6, 6.07) is 0. The van der Waals surface area contributed by atoms with Crippen LogP contribution in [0.4, 0.5) is 0 Å². The quantitative estimate of drug-likeness (QED) is 0.386. The van der Waals surface area contributed by atoms with Crippen molar-refractivity contribution in [1.29, 1.82) is 0 Å². The van der Waals surface area contributed by atoms with Crippen molar-refractivity contribution in [2.45, 2.75) is 45.0 Å². The molecule has 1 heterocycles. The van der Waals surface area contributed by atoms with Crippen LogP contribution < -0.4 is 0 Å². The Hall–Kier alpha value is -0.160. The van der Waals surface area contributed by atoms with Crippen molar-refractivity contribution in [3.8, 4) is 0 Å². The second kappa shape index (κ2) is 5.80. The fraction of sp³-hybridized carbons (Fsp3) is 1.00. The molecular weight excluding hydrogens is 196 g/mol. The maximum Gasteiger partial charge on any atom is 0.157 e. The molecule has 1 saturated heterocycles. The number of rotatable bonds is 6. The highest BCUT2D eigenvalue weighted by molar-refractivity contribution is 4.87. The van der Waals surface area contributed by atoms with E-state index >= 15 is 0 Å². The minimum atomic E-state index is 0.0286. The van der Waals surface area contributed by atoms with Gasteiger partial charge in [-0.15, -0.1) is 0 Å². The summed E-state index contributed by atoms with van der Waals surface area (Å²) in [4.78, 5) is 9.84. The zero-order chi connectivity index (χ0) is 10.5. The van der Waals surface area contributed by atoms with Crippen LogP contribution in [-0.2, 0) is 19.2 Å². The zero-order valence-electron chi connectivity index (χ0n) is 9.31. The van der Waals surface area contributed by atoms with Gasteiger partial charge < -0.3 is 9.47 Å². The summed E-state index contributed by atoms with van der Waals surface area (Å²) in [5.41, 5.74) is 0. The van der Waals surface area contributed by atoms with Crippen molar-refractivity contribution in [2.75, 3.05) is 19.8 Å². The highest BCUT2D eigenvalue weighted by Gasteiger charge is 2.40. The Morgan fingerprint density at radius 3 is 2.93 bits per heavy atom. The molecule has 0 aromatic heterocycles. The zero-order valence-corrected chi connectivity index (χ0v) is 9.31. The van der Waals surface area contributed by atoms with Crippen LogP contribution in [-0.4, -0.2) is 32.2 Å². The van der Waals surface area contributed by atoms with Gasteiger partial charge in [0.05, 0.1) is 19.3 Å². The minimum Gasteiger partial charge on any atom is -0.353 e. The number of hydrogen-bond donors (Lipinski definition) is 0. The first-order chi connectivity index (χ1) is 7.40. The second-order valence-corrected chi connectivity index (χ2v) is 4.16. The van der Waals surface area contributed by atoms with E-state index in [9.17, 15) is 0 Å². The molecule has 2 fully saturated rings. The average Bonchev–Trinajstić information content (AvgIpc) is 2.99. The van der Waals surface area contributed by atoms with E-state index in [4.69, 9.17) is 19.2 Å². The molecule has 0 aromatic carbocycles. The predicted molar refractivity (Wildman–Crippen MR) is 54.1 cm³/mol. The molecule has 0 bridgehead atoms. The SMILES string of the molecule is CCOOCC1CC1OC1CCCCO1. The lowest BCUT2D eigenvalue weighted by Gasteiger charge is -2.22. The smallest absolute Gasteiger partial charge is 0.157 e.